The standard InChI is InChI=1S/C20H26N2O3/c1-3-12-24-18-9-8-17(14-19(18)25-13-4-2)22-20(23)10-7-16-6-5-11-21-15-16/h5-6,8-9,11,14-15H,3-4,7,10,12-13H2,1-2H3,(H,22,23). The fourth-order valence-corrected chi connectivity index (χ4v) is 2.27. The maximum absolute atomic E-state index is 12.2. The van der Waals surface area contributed by atoms with Crippen molar-refractivity contribution in [3.63, 3.8) is 0 Å². The average Bonchev–Trinajstić information content (AvgIpc) is 2.64. The molecule has 1 heterocycles. The van der Waals surface area contributed by atoms with Gasteiger partial charge in [-0.3, -0.25) is 9.78 Å². The maximum atomic E-state index is 12.2. The summed E-state index contributed by atoms with van der Waals surface area (Å²) in [5, 5.41) is 2.92. The van der Waals surface area contributed by atoms with Crippen molar-refractivity contribution in [2.24, 2.45) is 0 Å². The molecular weight excluding hydrogens is 316 g/mol. The molecule has 0 bridgehead atoms. The quantitative estimate of drug-likeness (QED) is 0.702. The zero-order valence-electron chi connectivity index (χ0n) is 15.0. The third-order valence-corrected chi connectivity index (χ3v) is 3.51. The van der Waals surface area contributed by atoms with Crippen LogP contribution in [-0.2, 0) is 11.2 Å². The van der Waals surface area contributed by atoms with Gasteiger partial charge in [0.15, 0.2) is 11.5 Å². The summed E-state index contributed by atoms with van der Waals surface area (Å²) in [4.78, 5) is 16.2. The molecule has 0 fully saturated rings. The summed E-state index contributed by atoms with van der Waals surface area (Å²) in [6, 6.07) is 9.35. The topological polar surface area (TPSA) is 60.5 Å². The summed E-state index contributed by atoms with van der Waals surface area (Å²) in [6.07, 6.45) is 6.42. The summed E-state index contributed by atoms with van der Waals surface area (Å²) in [7, 11) is 0. The lowest BCUT2D eigenvalue weighted by Gasteiger charge is -2.14. The van der Waals surface area contributed by atoms with Crippen molar-refractivity contribution in [2.45, 2.75) is 39.5 Å². The summed E-state index contributed by atoms with van der Waals surface area (Å²) in [6.45, 7) is 5.36. The van der Waals surface area contributed by atoms with E-state index in [9.17, 15) is 4.79 Å². The van der Waals surface area contributed by atoms with Crippen LogP contribution in [0.5, 0.6) is 11.5 Å². The molecule has 1 amide bonds. The zero-order valence-corrected chi connectivity index (χ0v) is 15.0. The fourth-order valence-electron chi connectivity index (χ4n) is 2.27. The molecule has 0 aliphatic heterocycles. The van der Waals surface area contributed by atoms with E-state index < -0.39 is 0 Å². The van der Waals surface area contributed by atoms with Gasteiger partial charge in [0.2, 0.25) is 5.91 Å². The lowest BCUT2D eigenvalue weighted by atomic mass is 10.1. The summed E-state index contributed by atoms with van der Waals surface area (Å²) in [5.41, 5.74) is 1.76. The Labute approximate surface area is 149 Å². The number of amides is 1. The van der Waals surface area contributed by atoms with Gasteiger partial charge >= 0.3 is 0 Å². The second-order valence-corrected chi connectivity index (χ2v) is 5.77. The molecule has 25 heavy (non-hydrogen) atoms. The molecule has 1 N–H and O–H groups in total. The fraction of sp³-hybridized carbons (Fsp3) is 0.400. The van der Waals surface area contributed by atoms with E-state index in [1.165, 1.54) is 0 Å². The van der Waals surface area contributed by atoms with Gasteiger partial charge in [-0.1, -0.05) is 19.9 Å². The first-order valence-electron chi connectivity index (χ1n) is 8.81. The van der Waals surface area contributed by atoms with Gasteiger partial charge in [0, 0.05) is 30.6 Å². The molecule has 0 spiro atoms. The molecule has 134 valence electrons. The lowest BCUT2D eigenvalue weighted by Crippen LogP contribution is -2.12. The Balaban J connectivity index is 1.96. The molecule has 0 aliphatic carbocycles. The lowest BCUT2D eigenvalue weighted by molar-refractivity contribution is -0.116. The second-order valence-electron chi connectivity index (χ2n) is 5.77. The summed E-state index contributed by atoms with van der Waals surface area (Å²) >= 11 is 0. The van der Waals surface area contributed by atoms with Crippen molar-refractivity contribution in [1.82, 2.24) is 4.98 Å². The number of benzene rings is 1. The Bertz CT molecular complexity index is 659. The van der Waals surface area contributed by atoms with Crippen molar-refractivity contribution >= 4 is 11.6 Å². The van der Waals surface area contributed by atoms with Gasteiger partial charge in [-0.15, -0.1) is 0 Å². The highest BCUT2D eigenvalue weighted by Gasteiger charge is 2.09. The third-order valence-electron chi connectivity index (χ3n) is 3.51. The van der Waals surface area contributed by atoms with Crippen LogP contribution in [-0.4, -0.2) is 24.1 Å². The van der Waals surface area contributed by atoms with Crippen molar-refractivity contribution < 1.29 is 14.3 Å². The van der Waals surface area contributed by atoms with Crippen LogP contribution in [0.15, 0.2) is 42.7 Å². The van der Waals surface area contributed by atoms with E-state index in [-0.39, 0.29) is 5.91 Å². The van der Waals surface area contributed by atoms with Gasteiger partial charge in [-0.25, -0.2) is 0 Å². The van der Waals surface area contributed by atoms with E-state index in [1.807, 2.05) is 30.3 Å². The van der Waals surface area contributed by atoms with E-state index in [0.29, 0.717) is 43.2 Å². The molecule has 1 aromatic heterocycles. The number of rotatable bonds is 10. The molecular formula is C20H26N2O3. The minimum atomic E-state index is -0.0347. The van der Waals surface area contributed by atoms with Crippen LogP contribution < -0.4 is 14.8 Å². The highest BCUT2D eigenvalue weighted by molar-refractivity contribution is 5.91. The predicted molar refractivity (Wildman–Crippen MR) is 99.2 cm³/mol. The first-order chi connectivity index (χ1) is 12.2. The molecule has 5 nitrogen and oxygen atoms in total. The van der Waals surface area contributed by atoms with Crippen LogP contribution in [0.4, 0.5) is 5.69 Å². The van der Waals surface area contributed by atoms with Crippen LogP contribution in [0, 0.1) is 0 Å². The van der Waals surface area contributed by atoms with Gasteiger partial charge in [-0.2, -0.15) is 0 Å². The number of carbonyl (C=O) groups excluding carboxylic acids is 1. The van der Waals surface area contributed by atoms with Crippen LogP contribution in [0.2, 0.25) is 0 Å². The number of ether oxygens (including phenoxy) is 2. The van der Waals surface area contributed by atoms with E-state index in [4.69, 9.17) is 9.47 Å². The van der Waals surface area contributed by atoms with Gasteiger partial charge in [0.25, 0.3) is 0 Å². The number of aromatic nitrogens is 1. The van der Waals surface area contributed by atoms with E-state index in [0.717, 1.165) is 18.4 Å². The highest BCUT2D eigenvalue weighted by Crippen LogP contribution is 2.31. The number of anilines is 1. The molecule has 0 atom stereocenters. The molecule has 0 saturated heterocycles. The van der Waals surface area contributed by atoms with Crippen LogP contribution >= 0.6 is 0 Å². The monoisotopic (exact) mass is 342 g/mol. The molecule has 2 rings (SSSR count). The second kappa shape index (κ2) is 10.3. The molecule has 2 aromatic rings. The molecule has 0 saturated carbocycles. The van der Waals surface area contributed by atoms with Crippen molar-refractivity contribution in [2.75, 3.05) is 18.5 Å². The van der Waals surface area contributed by atoms with Gasteiger partial charge in [-0.05, 0) is 43.0 Å². The largest absolute Gasteiger partial charge is 0.490 e. The Morgan fingerprint density at radius 1 is 1.08 bits per heavy atom. The highest BCUT2D eigenvalue weighted by atomic mass is 16.5. The van der Waals surface area contributed by atoms with Crippen molar-refractivity contribution in [3.8, 4) is 11.5 Å². The van der Waals surface area contributed by atoms with E-state index >= 15 is 0 Å². The Morgan fingerprint density at radius 3 is 2.52 bits per heavy atom. The molecule has 0 radical (unpaired) electrons. The van der Waals surface area contributed by atoms with Crippen molar-refractivity contribution in [3.05, 3.63) is 48.3 Å². The van der Waals surface area contributed by atoms with Crippen LogP contribution in [0.3, 0.4) is 0 Å². The number of hydrogen-bond donors (Lipinski definition) is 1. The molecule has 0 unspecified atom stereocenters. The summed E-state index contributed by atoms with van der Waals surface area (Å²) < 4.78 is 11.5. The molecule has 5 heteroatoms. The Morgan fingerprint density at radius 2 is 1.84 bits per heavy atom. The number of aryl methyl sites for hydroxylation is 1. The normalized spacial score (nSPS) is 10.3. The third kappa shape index (κ3) is 6.45. The zero-order chi connectivity index (χ0) is 17.9. The predicted octanol–water partition coefficient (Wildman–Crippen LogP) is 4.23. The molecule has 0 aliphatic rings. The SMILES string of the molecule is CCCOc1ccc(NC(=O)CCc2cccnc2)cc1OCCC. The first-order valence-corrected chi connectivity index (χ1v) is 8.81. The number of carbonyl (C=O) groups is 1. The number of nitrogens with zero attached hydrogens (tertiary/aromatic N) is 1. The summed E-state index contributed by atoms with van der Waals surface area (Å²) in [5.74, 6) is 1.34. The minimum Gasteiger partial charge on any atom is -0.490 e. The van der Waals surface area contributed by atoms with Gasteiger partial charge in [0.1, 0.15) is 0 Å². The van der Waals surface area contributed by atoms with Crippen molar-refractivity contribution in [1.29, 1.82) is 0 Å². The maximum Gasteiger partial charge on any atom is 0.224 e. The first kappa shape index (κ1) is 18.8. The smallest absolute Gasteiger partial charge is 0.224 e. The van der Waals surface area contributed by atoms with Crippen LogP contribution in [0.25, 0.3) is 0 Å². The minimum absolute atomic E-state index is 0.0347. The Hall–Kier alpha value is -2.56. The van der Waals surface area contributed by atoms with Gasteiger partial charge in [0.05, 0.1) is 13.2 Å². The number of hydrogen-bond acceptors (Lipinski definition) is 4. The number of pyridine rings is 1. The van der Waals surface area contributed by atoms with E-state index in [1.54, 1.807) is 12.4 Å². The van der Waals surface area contributed by atoms with Crippen LogP contribution in [0.1, 0.15) is 38.7 Å². The average molecular weight is 342 g/mol. The molecule has 1 aromatic carbocycles. The Kier molecular flexibility index (Phi) is 7.76. The van der Waals surface area contributed by atoms with Gasteiger partial charge < -0.3 is 14.8 Å². The number of nitrogens with one attached hydrogen (secondary N) is 1. The van der Waals surface area contributed by atoms with E-state index in [2.05, 4.69) is 24.1 Å².